The molecule has 0 amide bonds. The largest absolute Gasteiger partial charge is 0.0683 e. The molecule has 0 aliphatic carbocycles. The van der Waals surface area contributed by atoms with Gasteiger partial charge in [-0.2, -0.15) is 0 Å². The number of aryl methyl sites for hydroxylation is 1. The molecule has 0 spiro atoms. The van der Waals surface area contributed by atoms with Gasteiger partial charge in [0.15, 0.2) is 0 Å². The quantitative estimate of drug-likeness (QED) is 0.432. The van der Waals surface area contributed by atoms with Crippen LogP contribution in [-0.2, 0) is 10.8 Å². The molecule has 0 unspecified atom stereocenters. The number of benzene rings is 2. The Hall–Kier alpha value is -1.56. The summed E-state index contributed by atoms with van der Waals surface area (Å²) >= 11 is 0. The van der Waals surface area contributed by atoms with Gasteiger partial charge in [0.1, 0.15) is 0 Å². The molecule has 0 saturated heterocycles. The predicted octanol–water partition coefficient (Wildman–Crippen LogP) is 9.36. The lowest BCUT2D eigenvalue weighted by atomic mass is 9.86. The molecular formula is C27H48. The van der Waals surface area contributed by atoms with Gasteiger partial charge in [0.2, 0.25) is 0 Å². The van der Waals surface area contributed by atoms with Crippen LogP contribution in [0.25, 0.3) is 0 Å². The van der Waals surface area contributed by atoms with Crippen molar-refractivity contribution in [3.63, 3.8) is 0 Å². The first-order chi connectivity index (χ1) is 12.6. The third-order valence-electron chi connectivity index (χ3n) is 3.52. The molecule has 0 fully saturated rings. The second kappa shape index (κ2) is 16.6. The van der Waals surface area contributed by atoms with Crippen molar-refractivity contribution >= 4 is 0 Å². The Morgan fingerprint density at radius 1 is 0.481 bits per heavy atom. The Kier molecular flexibility index (Phi) is 18.6. The normalized spacial score (nSPS) is 9.67. The van der Waals surface area contributed by atoms with Crippen molar-refractivity contribution in [1.29, 1.82) is 0 Å². The first-order valence-electron chi connectivity index (χ1n) is 10.7. The fourth-order valence-corrected chi connectivity index (χ4v) is 2.05. The lowest BCUT2D eigenvalue weighted by Crippen LogP contribution is -2.10. The molecule has 0 heteroatoms. The maximum absolute atomic E-state index is 2.25. The summed E-state index contributed by atoms with van der Waals surface area (Å²) in [5.41, 5.74) is 4.73. The van der Waals surface area contributed by atoms with Crippen molar-refractivity contribution < 1.29 is 0 Å². The maximum Gasteiger partial charge on any atom is -0.0132 e. The molecule has 0 N–H and O–H groups in total. The van der Waals surface area contributed by atoms with Gasteiger partial charge in [-0.05, 0) is 28.9 Å². The second-order valence-electron chi connectivity index (χ2n) is 7.74. The van der Waals surface area contributed by atoms with E-state index in [0.29, 0.717) is 5.41 Å². The molecule has 0 atom stereocenters. The highest BCUT2D eigenvalue weighted by molar-refractivity contribution is 5.27. The molecule has 156 valence electrons. The molecule has 0 aromatic heterocycles. The van der Waals surface area contributed by atoms with Crippen LogP contribution in [0, 0.1) is 6.92 Å². The van der Waals surface area contributed by atoms with E-state index in [1.807, 2.05) is 41.5 Å². The lowest BCUT2D eigenvalue weighted by molar-refractivity contribution is 0.589. The zero-order valence-electron chi connectivity index (χ0n) is 20.7. The molecular weight excluding hydrogens is 324 g/mol. The number of hydrogen-bond acceptors (Lipinski definition) is 0. The van der Waals surface area contributed by atoms with E-state index >= 15 is 0 Å². The summed E-state index contributed by atoms with van der Waals surface area (Å²) in [6.45, 7) is 27.5. The highest BCUT2D eigenvalue weighted by Crippen LogP contribution is 2.22. The highest BCUT2D eigenvalue weighted by Gasteiger charge is 2.12. The van der Waals surface area contributed by atoms with Crippen molar-refractivity contribution in [2.75, 3.05) is 0 Å². The van der Waals surface area contributed by atoms with Crippen LogP contribution in [0.4, 0.5) is 0 Å². The monoisotopic (exact) mass is 372 g/mol. The SMILES string of the molecule is CC.CC.CC.CC(C)(C)c1ccccc1.Cc1cccc(C(C)(C)C)c1. The molecule has 2 aromatic carbocycles. The van der Waals surface area contributed by atoms with E-state index in [-0.39, 0.29) is 5.41 Å². The van der Waals surface area contributed by atoms with Crippen molar-refractivity contribution in [2.24, 2.45) is 0 Å². The van der Waals surface area contributed by atoms with Crippen LogP contribution in [-0.4, -0.2) is 0 Å². The first-order valence-corrected chi connectivity index (χ1v) is 10.7. The average Bonchev–Trinajstić information content (AvgIpc) is 2.67. The molecule has 27 heavy (non-hydrogen) atoms. The molecule has 2 aromatic rings. The zero-order chi connectivity index (χ0) is 22.1. The summed E-state index contributed by atoms with van der Waals surface area (Å²) in [6.07, 6.45) is 0. The van der Waals surface area contributed by atoms with Crippen LogP contribution in [0.1, 0.15) is 99.8 Å². The van der Waals surface area contributed by atoms with Crippen LogP contribution in [0.2, 0.25) is 0 Å². The minimum absolute atomic E-state index is 0.284. The van der Waals surface area contributed by atoms with Crippen LogP contribution >= 0.6 is 0 Å². The van der Waals surface area contributed by atoms with Gasteiger partial charge in [-0.1, -0.05) is 143 Å². The smallest absolute Gasteiger partial charge is 0.0132 e. The summed E-state index contributed by atoms with van der Waals surface area (Å²) in [7, 11) is 0. The molecule has 0 nitrogen and oxygen atoms in total. The van der Waals surface area contributed by atoms with Crippen LogP contribution in [0.5, 0.6) is 0 Å². The van der Waals surface area contributed by atoms with Gasteiger partial charge < -0.3 is 0 Å². The molecule has 0 saturated carbocycles. The minimum Gasteiger partial charge on any atom is -0.0683 e. The maximum atomic E-state index is 2.25. The Labute approximate surface area is 172 Å². The Morgan fingerprint density at radius 3 is 1.11 bits per heavy atom. The number of hydrogen-bond donors (Lipinski definition) is 0. The standard InChI is InChI=1S/C11H16.C10H14.3C2H6/c1-9-6-5-7-10(8-9)11(2,3)4;1-10(2,3)9-7-5-4-6-8-9;3*1-2/h5-8H,1-4H3;4-8H,1-3H3;3*1-2H3. The van der Waals surface area contributed by atoms with Gasteiger partial charge in [0, 0.05) is 0 Å². The molecule has 0 heterocycles. The summed E-state index contributed by atoms with van der Waals surface area (Å²) in [5, 5.41) is 0. The van der Waals surface area contributed by atoms with Gasteiger partial charge >= 0.3 is 0 Å². The summed E-state index contributed by atoms with van der Waals surface area (Å²) in [5.74, 6) is 0. The van der Waals surface area contributed by atoms with Gasteiger partial charge in [-0.15, -0.1) is 0 Å². The molecule has 0 aliphatic heterocycles. The van der Waals surface area contributed by atoms with Gasteiger partial charge in [-0.25, -0.2) is 0 Å². The second-order valence-corrected chi connectivity index (χ2v) is 7.74. The summed E-state index contributed by atoms with van der Waals surface area (Å²) in [4.78, 5) is 0. The minimum atomic E-state index is 0.284. The van der Waals surface area contributed by atoms with Crippen molar-refractivity contribution in [2.45, 2.75) is 101 Å². The summed E-state index contributed by atoms with van der Waals surface area (Å²) in [6, 6.07) is 19.2. The van der Waals surface area contributed by atoms with Crippen molar-refractivity contribution in [3.05, 3.63) is 71.3 Å². The molecule has 0 bridgehead atoms. The fraction of sp³-hybridized carbons (Fsp3) is 0.556. The Balaban J connectivity index is -0.000000335. The van der Waals surface area contributed by atoms with E-state index < -0.39 is 0 Å². The van der Waals surface area contributed by atoms with E-state index in [9.17, 15) is 0 Å². The van der Waals surface area contributed by atoms with Gasteiger partial charge in [0.05, 0.1) is 0 Å². The van der Waals surface area contributed by atoms with Crippen LogP contribution in [0.15, 0.2) is 54.6 Å². The third-order valence-corrected chi connectivity index (χ3v) is 3.52. The van der Waals surface area contributed by atoms with E-state index in [2.05, 4.69) is 103 Å². The molecule has 0 radical (unpaired) electrons. The van der Waals surface area contributed by atoms with Crippen LogP contribution < -0.4 is 0 Å². The van der Waals surface area contributed by atoms with Crippen molar-refractivity contribution in [1.82, 2.24) is 0 Å². The molecule has 0 aliphatic rings. The number of rotatable bonds is 0. The predicted molar refractivity (Wildman–Crippen MR) is 129 cm³/mol. The van der Waals surface area contributed by atoms with Crippen LogP contribution in [0.3, 0.4) is 0 Å². The van der Waals surface area contributed by atoms with Gasteiger partial charge in [-0.3, -0.25) is 0 Å². The van der Waals surface area contributed by atoms with Crippen molar-refractivity contribution in [3.8, 4) is 0 Å². The topological polar surface area (TPSA) is 0 Å². The Bertz CT molecular complexity index is 536. The van der Waals surface area contributed by atoms with E-state index in [1.165, 1.54) is 16.7 Å². The lowest BCUT2D eigenvalue weighted by Gasteiger charge is -2.19. The first kappa shape index (κ1) is 30.2. The van der Waals surface area contributed by atoms with E-state index in [4.69, 9.17) is 0 Å². The highest BCUT2D eigenvalue weighted by atomic mass is 14.2. The molecule has 2 rings (SSSR count). The van der Waals surface area contributed by atoms with E-state index in [0.717, 1.165) is 0 Å². The fourth-order valence-electron chi connectivity index (χ4n) is 2.05. The Morgan fingerprint density at radius 2 is 0.852 bits per heavy atom. The van der Waals surface area contributed by atoms with Gasteiger partial charge in [0.25, 0.3) is 0 Å². The zero-order valence-corrected chi connectivity index (χ0v) is 20.7. The average molecular weight is 373 g/mol. The summed E-state index contributed by atoms with van der Waals surface area (Å²) < 4.78 is 0. The van der Waals surface area contributed by atoms with E-state index in [1.54, 1.807) is 0 Å². The third kappa shape index (κ3) is 15.2.